The van der Waals surface area contributed by atoms with Crippen LogP contribution < -0.4 is 5.73 Å². The Kier molecular flexibility index (Phi) is 3.84. The first-order valence-corrected chi connectivity index (χ1v) is 7.10. The fourth-order valence-corrected chi connectivity index (χ4v) is 2.60. The van der Waals surface area contributed by atoms with Crippen LogP contribution in [0.5, 0.6) is 0 Å². The Morgan fingerprint density at radius 1 is 1.35 bits per heavy atom. The predicted octanol–water partition coefficient (Wildman–Crippen LogP) is 2.12. The molecular weight excluding hydrogens is 256 g/mol. The number of nitrogens with two attached hydrogens (primary N) is 1. The molecule has 1 fully saturated rings. The van der Waals surface area contributed by atoms with Crippen molar-refractivity contribution in [2.45, 2.75) is 32.2 Å². The van der Waals surface area contributed by atoms with Crippen molar-refractivity contribution in [2.75, 3.05) is 19.6 Å². The maximum atomic E-state index is 6.18. The Balaban J connectivity index is 1.68. The van der Waals surface area contributed by atoms with Gasteiger partial charge in [-0.25, -0.2) is 0 Å². The monoisotopic (exact) mass is 276 g/mol. The van der Waals surface area contributed by atoms with Gasteiger partial charge in [0.15, 0.2) is 5.82 Å². The van der Waals surface area contributed by atoms with Crippen LogP contribution in [0.15, 0.2) is 21.3 Å². The highest BCUT2D eigenvalue weighted by Crippen LogP contribution is 2.23. The van der Waals surface area contributed by atoms with Gasteiger partial charge in [-0.2, -0.15) is 4.98 Å². The highest BCUT2D eigenvalue weighted by molar-refractivity contribution is 5.54. The summed E-state index contributed by atoms with van der Waals surface area (Å²) in [6.45, 7) is 4.87. The van der Waals surface area contributed by atoms with Crippen molar-refractivity contribution in [1.29, 1.82) is 0 Å². The molecule has 20 heavy (non-hydrogen) atoms. The molecule has 1 unspecified atom stereocenters. The van der Waals surface area contributed by atoms with Crippen LogP contribution >= 0.6 is 0 Å². The summed E-state index contributed by atoms with van der Waals surface area (Å²) in [6.07, 6.45) is 5.43. The number of piperidine rings is 1. The van der Waals surface area contributed by atoms with Crippen LogP contribution in [0.4, 0.5) is 0 Å². The molecule has 2 N–H and O–H groups in total. The number of aromatic nitrogens is 2. The zero-order valence-corrected chi connectivity index (χ0v) is 11.7. The average molecular weight is 276 g/mol. The summed E-state index contributed by atoms with van der Waals surface area (Å²) in [6, 6.07) is 1.61. The molecule has 0 amide bonds. The number of furan rings is 1. The van der Waals surface area contributed by atoms with E-state index in [1.54, 1.807) is 6.26 Å². The van der Waals surface area contributed by atoms with E-state index in [9.17, 15) is 0 Å². The normalized spacial score (nSPS) is 18.3. The molecule has 6 nitrogen and oxygen atoms in total. The SMILES string of the molecule is Cc1occc1-c1nc(C(N)CN2CCCCC2)no1. The van der Waals surface area contributed by atoms with Crippen LogP contribution in [-0.2, 0) is 0 Å². The zero-order chi connectivity index (χ0) is 13.9. The largest absolute Gasteiger partial charge is 0.469 e. The quantitative estimate of drug-likeness (QED) is 0.921. The molecule has 0 bridgehead atoms. The van der Waals surface area contributed by atoms with Crippen molar-refractivity contribution in [3.05, 3.63) is 23.9 Å². The van der Waals surface area contributed by atoms with Gasteiger partial charge in [0.2, 0.25) is 0 Å². The summed E-state index contributed by atoms with van der Waals surface area (Å²) < 4.78 is 10.5. The number of hydrogen-bond acceptors (Lipinski definition) is 6. The van der Waals surface area contributed by atoms with Gasteiger partial charge in [-0.1, -0.05) is 11.6 Å². The lowest BCUT2D eigenvalue weighted by Crippen LogP contribution is -2.36. The smallest absolute Gasteiger partial charge is 0.261 e. The van der Waals surface area contributed by atoms with Crippen molar-refractivity contribution in [2.24, 2.45) is 5.73 Å². The number of aryl methyl sites for hydroxylation is 1. The lowest BCUT2D eigenvalue weighted by molar-refractivity contribution is 0.213. The minimum atomic E-state index is -0.210. The molecule has 0 aliphatic carbocycles. The van der Waals surface area contributed by atoms with Crippen LogP contribution in [0.2, 0.25) is 0 Å². The summed E-state index contributed by atoms with van der Waals surface area (Å²) in [5.41, 5.74) is 7.01. The highest BCUT2D eigenvalue weighted by Gasteiger charge is 2.20. The van der Waals surface area contributed by atoms with E-state index in [4.69, 9.17) is 14.7 Å². The van der Waals surface area contributed by atoms with Gasteiger partial charge in [0.05, 0.1) is 17.9 Å². The lowest BCUT2D eigenvalue weighted by Gasteiger charge is -2.27. The third-order valence-electron chi connectivity index (χ3n) is 3.77. The maximum absolute atomic E-state index is 6.18. The molecule has 1 aliphatic heterocycles. The molecule has 2 aromatic heterocycles. The number of hydrogen-bond donors (Lipinski definition) is 1. The molecule has 108 valence electrons. The van der Waals surface area contributed by atoms with E-state index in [0.717, 1.165) is 31.0 Å². The molecule has 0 saturated carbocycles. The maximum Gasteiger partial charge on any atom is 0.261 e. The second-order valence-corrected chi connectivity index (χ2v) is 5.32. The van der Waals surface area contributed by atoms with E-state index in [-0.39, 0.29) is 6.04 Å². The Morgan fingerprint density at radius 2 is 2.15 bits per heavy atom. The van der Waals surface area contributed by atoms with Crippen LogP contribution in [0, 0.1) is 6.92 Å². The topological polar surface area (TPSA) is 81.3 Å². The molecule has 1 aliphatic rings. The predicted molar refractivity (Wildman–Crippen MR) is 74.0 cm³/mol. The van der Waals surface area contributed by atoms with E-state index >= 15 is 0 Å². The first-order chi connectivity index (χ1) is 9.74. The second kappa shape index (κ2) is 5.76. The van der Waals surface area contributed by atoms with E-state index in [2.05, 4.69) is 15.0 Å². The van der Waals surface area contributed by atoms with Crippen molar-refractivity contribution in [3.8, 4) is 11.5 Å². The first kappa shape index (κ1) is 13.3. The third-order valence-corrected chi connectivity index (χ3v) is 3.77. The van der Waals surface area contributed by atoms with Crippen molar-refractivity contribution in [1.82, 2.24) is 15.0 Å². The molecule has 6 heteroatoms. The van der Waals surface area contributed by atoms with Gasteiger partial charge in [-0.3, -0.25) is 0 Å². The summed E-state index contributed by atoms with van der Waals surface area (Å²) >= 11 is 0. The molecule has 1 atom stereocenters. The van der Waals surface area contributed by atoms with Gasteiger partial charge in [-0.15, -0.1) is 0 Å². The minimum Gasteiger partial charge on any atom is -0.469 e. The molecule has 0 radical (unpaired) electrons. The molecule has 2 aromatic rings. The standard InChI is InChI=1S/C14H20N4O2/c1-10-11(5-8-19-10)14-16-13(17-20-14)12(15)9-18-6-3-2-4-7-18/h5,8,12H,2-4,6-7,9,15H2,1H3. The zero-order valence-electron chi connectivity index (χ0n) is 11.7. The van der Waals surface area contributed by atoms with E-state index in [1.807, 2.05) is 13.0 Å². The van der Waals surface area contributed by atoms with Gasteiger partial charge in [0, 0.05) is 6.54 Å². The number of likely N-dealkylation sites (tertiary alicyclic amines) is 1. The van der Waals surface area contributed by atoms with Gasteiger partial charge < -0.3 is 19.6 Å². The first-order valence-electron chi connectivity index (χ1n) is 7.10. The van der Waals surface area contributed by atoms with E-state index in [0.29, 0.717) is 11.7 Å². The Bertz CT molecular complexity index is 557. The molecule has 0 aromatic carbocycles. The molecule has 3 rings (SSSR count). The third kappa shape index (κ3) is 2.76. The molecule has 3 heterocycles. The fraction of sp³-hybridized carbons (Fsp3) is 0.571. The van der Waals surface area contributed by atoms with Crippen molar-refractivity contribution < 1.29 is 8.94 Å². The van der Waals surface area contributed by atoms with E-state index < -0.39 is 0 Å². The average Bonchev–Trinajstić information content (AvgIpc) is 3.08. The van der Waals surface area contributed by atoms with Crippen molar-refractivity contribution >= 4 is 0 Å². The van der Waals surface area contributed by atoms with Gasteiger partial charge in [-0.05, 0) is 38.9 Å². The van der Waals surface area contributed by atoms with Crippen molar-refractivity contribution in [3.63, 3.8) is 0 Å². The Labute approximate surface area is 117 Å². The van der Waals surface area contributed by atoms with Crippen LogP contribution in [-0.4, -0.2) is 34.7 Å². The molecular formula is C14H20N4O2. The number of nitrogens with zero attached hydrogens (tertiary/aromatic N) is 3. The Hall–Kier alpha value is -1.66. The van der Waals surface area contributed by atoms with Crippen LogP contribution in [0.3, 0.4) is 0 Å². The Morgan fingerprint density at radius 3 is 2.85 bits per heavy atom. The second-order valence-electron chi connectivity index (χ2n) is 5.32. The minimum absolute atomic E-state index is 0.210. The number of rotatable bonds is 4. The van der Waals surface area contributed by atoms with Gasteiger partial charge in [0.1, 0.15) is 5.76 Å². The van der Waals surface area contributed by atoms with Crippen LogP contribution in [0.1, 0.15) is 36.9 Å². The molecule has 0 spiro atoms. The van der Waals surface area contributed by atoms with Gasteiger partial charge >= 0.3 is 0 Å². The highest BCUT2D eigenvalue weighted by atomic mass is 16.5. The van der Waals surface area contributed by atoms with Gasteiger partial charge in [0.25, 0.3) is 5.89 Å². The fourth-order valence-electron chi connectivity index (χ4n) is 2.60. The lowest BCUT2D eigenvalue weighted by atomic mass is 10.1. The summed E-state index contributed by atoms with van der Waals surface area (Å²) in [5, 5.41) is 4.00. The van der Waals surface area contributed by atoms with Crippen LogP contribution in [0.25, 0.3) is 11.5 Å². The summed E-state index contributed by atoms with van der Waals surface area (Å²) in [4.78, 5) is 6.76. The summed E-state index contributed by atoms with van der Waals surface area (Å²) in [7, 11) is 0. The summed E-state index contributed by atoms with van der Waals surface area (Å²) in [5.74, 6) is 1.80. The van der Waals surface area contributed by atoms with E-state index in [1.165, 1.54) is 19.3 Å². The molecule has 1 saturated heterocycles.